The minimum atomic E-state index is -0.726. The summed E-state index contributed by atoms with van der Waals surface area (Å²) in [6, 6.07) is 2.35. The summed E-state index contributed by atoms with van der Waals surface area (Å²) in [5.74, 6) is -0.726. The molecule has 15 heavy (non-hydrogen) atoms. The average molecular weight is 227 g/mol. The second-order valence-electron chi connectivity index (χ2n) is 3.74. The molecule has 3 nitrogen and oxygen atoms in total. The van der Waals surface area contributed by atoms with Crippen LogP contribution in [0.25, 0.3) is 0 Å². The van der Waals surface area contributed by atoms with Crippen molar-refractivity contribution in [3.63, 3.8) is 0 Å². The molecule has 1 heterocycles. The van der Waals surface area contributed by atoms with Crippen molar-refractivity contribution >= 4 is 17.3 Å². The molecule has 0 spiro atoms. The van der Waals surface area contributed by atoms with Crippen molar-refractivity contribution in [3.05, 3.63) is 21.9 Å². The summed E-state index contributed by atoms with van der Waals surface area (Å²) in [6.45, 7) is 4.95. The number of rotatable bonds is 6. The number of nitrogens with one attached hydrogen (secondary N) is 1. The fraction of sp³-hybridized carbons (Fsp3) is 0.545. The Hall–Kier alpha value is -0.870. The fourth-order valence-electron chi connectivity index (χ4n) is 1.29. The molecule has 0 aliphatic carbocycles. The number of thiophene rings is 1. The Morgan fingerprint density at radius 3 is 2.93 bits per heavy atom. The Kier molecular flexibility index (Phi) is 4.78. The molecule has 4 heteroatoms. The van der Waals surface area contributed by atoms with Crippen molar-refractivity contribution in [3.8, 4) is 0 Å². The van der Waals surface area contributed by atoms with Crippen molar-refractivity contribution in [1.82, 2.24) is 5.32 Å². The zero-order valence-electron chi connectivity index (χ0n) is 9.12. The Labute approximate surface area is 94.1 Å². The molecule has 84 valence electrons. The average Bonchev–Trinajstić information content (AvgIpc) is 2.58. The van der Waals surface area contributed by atoms with Gasteiger partial charge in [0.15, 0.2) is 0 Å². The molecule has 0 radical (unpaired) electrons. The maximum atomic E-state index is 10.4. The molecular weight excluding hydrogens is 210 g/mol. The number of aryl methyl sites for hydroxylation is 1. The van der Waals surface area contributed by atoms with Crippen molar-refractivity contribution in [1.29, 1.82) is 0 Å². The van der Waals surface area contributed by atoms with E-state index in [9.17, 15) is 4.79 Å². The lowest BCUT2D eigenvalue weighted by molar-refractivity contribution is -0.137. The number of hydrogen-bond acceptors (Lipinski definition) is 3. The highest BCUT2D eigenvalue weighted by Gasteiger charge is 2.06. The van der Waals surface area contributed by atoms with Crippen LogP contribution >= 0.6 is 11.3 Å². The Balaban J connectivity index is 2.25. The highest BCUT2D eigenvalue weighted by atomic mass is 32.1. The van der Waals surface area contributed by atoms with E-state index in [0.717, 1.165) is 6.54 Å². The third-order valence-corrected chi connectivity index (χ3v) is 3.39. The molecule has 0 aromatic carbocycles. The zero-order chi connectivity index (χ0) is 11.3. The fourth-order valence-corrected chi connectivity index (χ4v) is 2.15. The monoisotopic (exact) mass is 227 g/mol. The first kappa shape index (κ1) is 12.2. The quantitative estimate of drug-likeness (QED) is 0.784. The van der Waals surface area contributed by atoms with E-state index in [0.29, 0.717) is 6.42 Å². The summed E-state index contributed by atoms with van der Waals surface area (Å²) in [4.78, 5) is 11.7. The van der Waals surface area contributed by atoms with Crippen LogP contribution in [0.15, 0.2) is 11.4 Å². The van der Waals surface area contributed by atoms with Gasteiger partial charge in [-0.1, -0.05) is 0 Å². The van der Waals surface area contributed by atoms with Crippen molar-refractivity contribution < 1.29 is 9.90 Å². The van der Waals surface area contributed by atoms with Crippen LogP contribution in [0, 0.1) is 6.92 Å². The van der Waals surface area contributed by atoms with Crippen molar-refractivity contribution in [2.24, 2.45) is 0 Å². The molecule has 1 aromatic rings. The van der Waals surface area contributed by atoms with Gasteiger partial charge in [-0.3, -0.25) is 4.79 Å². The highest BCUT2D eigenvalue weighted by molar-refractivity contribution is 7.10. The van der Waals surface area contributed by atoms with Gasteiger partial charge in [-0.2, -0.15) is 0 Å². The largest absolute Gasteiger partial charge is 0.481 e. The standard InChI is InChI=1S/C11H17NO2S/c1-8-5-6-15-10(8)7-12-9(2)3-4-11(13)14/h5-6,9,12H,3-4,7H2,1-2H3,(H,13,14). The molecule has 0 aliphatic heterocycles. The van der Waals surface area contributed by atoms with Gasteiger partial charge in [0.05, 0.1) is 0 Å². The van der Waals surface area contributed by atoms with Gasteiger partial charge in [-0.15, -0.1) is 11.3 Å². The number of hydrogen-bond donors (Lipinski definition) is 2. The molecule has 0 bridgehead atoms. The number of carboxylic acids is 1. The second kappa shape index (κ2) is 5.88. The van der Waals surface area contributed by atoms with Gasteiger partial charge < -0.3 is 10.4 Å². The SMILES string of the molecule is Cc1ccsc1CNC(C)CCC(=O)O. The second-order valence-corrected chi connectivity index (χ2v) is 4.74. The molecule has 2 N–H and O–H groups in total. The summed E-state index contributed by atoms with van der Waals surface area (Å²) in [6.07, 6.45) is 0.914. The predicted molar refractivity (Wildman–Crippen MR) is 62.2 cm³/mol. The van der Waals surface area contributed by atoms with Crippen LogP contribution in [-0.4, -0.2) is 17.1 Å². The summed E-state index contributed by atoms with van der Waals surface area (Å²) >= 11 is 1.74. The third-order valence-electron chi connectivity index (χ3n) is 2.37. The molecule has 0 amide bonds. The molecule has 0 saturated carbocycles. The van der Waals surface area contributed by atoms with Crippen LogP contribution in [0.2, 0.25) is 0 Å². The Morgan fingerprint density at radius 2 is 2.40 bits per heavy atom. The first-order valence-electron chi connectivity index (χ1n) is 5.07. The van der Waals surface area contributed by atoms with Crippen LogP contribution in [0.5, 0.6) is 0 Å². The first-order valence-corrected chi connectivity index (χ1v) is 5.95. The number of carboxylic acid groups (broad SMARTS) is 1. The molecule has 1 unspecified atom stereocenters. The summed E-state index contributed by atoms with van der Waals surface area (Å²) in [7, 11) is 0. The van der Waals surface area contributed by atoms with E-state index in [1.807, 2.05) is 6.92 Å². The lowest BCUT2D eigenvalue weighted by Gasteiger charge is -2.11. The third kappa shape index (κ3) is 4.44. The normalized spacial score (nSPS) is 12.7. The van der Waals surface area contributed by atoms with Crippen LogP contribution in [0.3, 0.4) is 0 Å². The molecule has 0 fully saturated rings. The van der Waals surface area contributed by atoms with Crippen LogP contribution < -0.4 is 5.32 Å². The van der Waals surface area contributed by atoms with Gasteiger partial charge in [0.1, 0.15) is 0 Å². The molecule has 1 rings (SSSR count). The topological polar surface area (TPSA) is 49.3 Å². The van der Waals surface area contributed by atoms with Gasteiger partial charge in [0, 0.05) is 23.9 Å². The molecule has 0 saturated heterocycles. The summed E-state index contributed by atoms with van der Waals surface area (Å²) in [5.41, 5.74) is 1.30. The number of carbonyl (C=O) groups is 1. The molecule has 1 atom stereocenters. The van der Waals surface area contributed by atoms with E-state index in [2.05, 4.69) is 23.7 Å². The molecule has 1 aromatic heterocycles. The molecule has 0 aliphatic rings. The maximum Gasteiger partial charge on any atom is 0.303 e. The van der Waals surface area contributed by atoms with Gasteiger partial charge in [-0.25, -0.2) is 0 Å². The van der Waals surface area contributed by atoms with Gasteiger partial charge in [-0.05, 0) is 37.3 Å². The maximum absolute atomic E-state index is 10.4. The van der Waals surface area contributed by atoms with Gasteiger partial charge >= 0.3 is 5.97 Å². The Bertz CT molecular complexity index is 322. The van der Waals surface area contributed by atoms with Crippen LogP contribution in [0.1, 0.15) is 30.2 Å². The van der Waals surface area contributed by atoms with Crippen LogP contribution in [0.4, 0.5) is 0 Å². The Morgan fingerprint density at radius 1 is 1.67 bits per heavy atom. The van der Waals surface area contributed by atoms with E-state index < -0.39 is 5.97 Å². The van der Waals surface area contributed by atoms with Crippen molar-refractivity contribution in [2.75, 3.05) is 0 Å². The van der Waals surface area contributed by atoms with E-state index in [1.54, 1.807) is 11.3 Å². The smallest absolute Gasteiger partial charge is 0.303 e. The van der Waals surface area contributed by atoms with Crippen LogP contribution in [-0.2, 0) is 11.3 Å². The summed E-state index contributed by atoms with van der Waals surface area (Å²) in [5, 5.41) is 13.9. The predicted octanol–water partition coefficient (Wildman–Crippen LogP) is 2.40. The minimum Gasteiger partial charge on any atom is -0.481 e. The highest BCUT2D eigenvalue weighted by Crippen LogP contribution is 2.15. The summed E-state index contributed by atoms with van der Waals surface area (Å²) < 4.78 is 0. The van der Waals surface area contributed by atoms with Gasteiger partial charge in [0.25, 0.3) is 0 Å². The van der Waals surface area contributed by atoms with E-state index in [1.165, 1.54) is 10.4 Å². The first-order chi connectivity index (χ1) is 7.09. The van der Waals surface area contributed by atoms with Crippen molar-refractivity contribution in [2.45, 2.75) is 39.3 Å². The molecular formula is C11H17NO2S. The minimum absolute atomic E-state index is 0.234. The van der Waals surface area contributed by atoms with Gasteiger partial charge in [0.2, 0.25) is 0 Å². The van der Waals surface area contributed by atoms with E-state index >= 15 is 0 Å². The lowest BCUT2D eigenvalue weighted by atomic mass is 10.2. The van der Waals surface area contributed by atoms with E-state index in [-0.39, 0.29) is 12.5 Å². The van der Waals surface area contributed by atoms with E-state index in [4.69, 9.17) is 5.11 Å². The number of aliphatic carboxylic acids is 1. The zero-order valence-corrected chi connectivity index (χ0v) is 9.93. The lowest BCUT2D eigenvalue weighted by Crippen LogP contribution is -2.25.